The van der Waals surface area contributed by atoms with Gasteiger partial charge in [0.2, 0.25) is 10.0 Å². The van der Waals surface area contributed by atoms with Crippen molar-refractivity contribution in [2.24, 2.45) is 0 Å². The van der Waals surface area contributed by atoms with Crippen LogP contribution in [-0.2, 0) is 26.0 Å². The Morgan fingerprint density at radius 2 is 1.88 bits per heavy atom. The van der Waals surface area contributed by atoms with Gasteiger partial charge in [-0.05, 0) is 60.9 Å². The Balaban J connectivity index is 1.49. The zero-order chi connectivity index (χ0) is 23.4. The molecule has 0 aliphatic carbocycles. The number of benzene rings is 2. The van der Waals surface area contributed by atoms with Crippen LogP contribution in [0.15, 0.2) is 47.4 Å². The monoisotopic (exact) mass is 472 g/mol. The van der Waals surface area contributed by atoms with Gasteiger partial charge in [0.05, 0.1) is 31.8 Å². The lowest BCUT2D eigenvalue weighted by atomic mass is 10.1. The van der Waals surface area contributed by atoms with Crippen LogP contribution in [0.25, 0.3) is 6.08 Å². The maximum atomic E-state index is 12.9. The van der Waals surface area contributed by atoms with E-state index in [2.05, 4.69) is 0 Å². The Bertz CT molecular complexity index is 1160. The largest absolute Gasteiger partial charge is 0.493 e. The van der Waals surface area contributed by atoms with E-state index in [4.69, 9.17) is 14.2 Å². The normalized spacial score (nSPS) is 16.7. The fourth-order valence-corrected chi connectivity index (χ4v) is 5.48. The summed E-state index contributed by atoms with van der Waals surface area (Å²) in [4.78, 5) is 14.8. The first kappa shape index (κ1) is 23.3. The molecule has 0 spiro atoms. The smallest absolute Gasteiger partial charge is 0.251 e. The molecule has 0 saturated carbocycles. The first-order valence-electron chi connectivity index (χ1n) is 10.9. The number of morpholine rings is 1. The molecule has 176 valence electrons. The second-order valence-corrected chi connectivity index (χ2v) is 9.66. The van der Waals surface area contributed by atoms with Crippen molar-refractivity contribution in [3.05, 3.63) is 53.6 Å². The summed E-state index contributed by atoms with van der Waals surface area (Å²) in [5.74, 6) is 1.09. The highest BCUT2D eigenvalue weighted by molar-refractivity contribution is 7.89. The van der Waals surface area contributed by atoms with Crippen LogP contribution in [0, 0.1) is 0 Å². The van der Waals surface area contributed by atoms with E-state index in [-0.39, 0.29) is 10.8 Å². The molecule has 0 atom stereocenters. The minimum Gasteiger partial charge on any atom is -0.493 e. The Hall–Kier alpha value is -2.88. The minimum atomic E-state index is -3.57. The van der Waals surface area contributed by atoms with Crippen LogP contribution < -0.4 is 14.4 Å². The summed E-state index contributed by atoms with van der Waals surface area (Å²) in [5.41, 5.74) is 2.42. The molecule has 0 bridgehead atoms. The average Bonchev–Trinajstić information content (AvgIpc) is 3.27. The maximum absolute atomic E-state index is 12.9. The topological polar surface area (TPSA) is 85.4 Å². The number of sulfonamides is 1. The van der Waals surface area contributed by atoms with Crippen LogP contribution in [-0.4, -0.2) is 65.2 Å². The number of fused-ring (bicyclic) bond motifs is 1. The third-order valence-electron chi connectivity index (χ3n) is 5.73. The Morgan fingerprint density at radius 3 is 2.61 bits per heavy atom. The fraction of sp³-hybridized carbons (Fsp3) is 0.375. The van der Waals surface area contributed by atoms with Crippen LogP contribution in [0.5, 0.6) is 11.5 Å². The number of nitrogens with zero attached hydrogens (tertiary/aromatic N) is 2. The minimum absolute atomic E-state index is 0.162. The van der Waals surface area contributed by atoms with Gasteiger partial charge in [-0.2, -0.15) is 4.31 Å². The van der Waals surface area contributed by atoms with Crippen molar-refractivity contribution in [3.63, 3.8) is 0 Å². The molecule has 2 heterocycles. The first-order valence-corrected chi connectivity index (χ1v) is 12.4. The van der Waals surface area contributed by atoms with E-state index in [1.165, 1.54) is 10.4 Å². The highest BCUT2D eigenvalue weighted by atomic mass is 32.2. The quantitative estimate of drug-likeness (QED) is 0.576. The number of methoxy groups -OCH3 is 1. The second-order valence-electron chi connectivity index (χ2n) is 7.72. The van der Waals surface area contributed by atoms with Gasteiger partial charge in [-0.25, -0.2) is 8.42 Å². The van der Waals surface area contributed by atoms with Crippen LogP contribution in [0.4, 0.5) is 5.69 Å². The predicted molar refractivity (Wildman–Crippen MR) is 125 cm³/mol. The van der Waals surface area contributed by atoms with Crippen molar-refractivity contribution >= 4 is 27.7 Å². The van der Waals surface area contributed by atoms with Crippen LogP contribution >= 0.6 is 0 Å². The lowest BCUT2D eigenvalue weighted by Gasteiger charge is -2.26. The number of hydrogen-bond donors (Lipinski definition) is 0. The Morgan fingerprint density at radius 1 is 1.09 bits per heavy atom. The summed E-state index contributed by atoms with van der Waals surface area (Å²) in [6.07, 6.45) is 3.86. The second kappa shape index (κ2) is 9.94. The SMILES string of the molecule is CCOc1ccc(/C=C/C(=O)N2CCc3cc(S(=O)(=O)N4CCOCC4)ccc32)cc1OC. The highest BCUT2D eigenvalue weighted by Crippen LogP contribution is 2.32. The van der Waals surface area contributed by atoms with Gasteiger partial charge in [0.25, 0.3) is 5.91 Å². The van der Waals surface area contributed by atoms with Crippen molar-refractivity contribution in [3.8, 4) is 11.5 Å². The highest BCUT2D eigenvalue weighted by Gasteiger charge is 2.29. The van der Waals surface area contributed by atoms with E-state index in [1.54, 1.807) is 36.3 Å². The molecule has 1 fully saturated rings. The molecule has 33 heavy (non-hydrogen) atoms. The lowest BCUT2D eigenvalue weighted by Crippen LogP contribution is -2.40. The Kier molecular flexibility index (Phi) is 7.02. The first-order chi connectivity index (χ1) is 15.9. The summed E-state index contributed by atoms with van der Waals surface area (Å²) in [6, 6.07) is 10.5. The summed E-state index contributed by atoms with van der Waals surface area (Å²) >= 11 is 0. The van der Waals surface area contributed by atoms with Gasteiger partial charge in [0, 0.05) is 31.4 Å². The number of ether oxygens (including phenoxy) is 3. The molecule has 2 aromatic carbocycles. The van der Waals surface area contributed by atoms with Crippen LogP contribution in [0.2, 0.25) is 0 Å². The van der Waals surface area contributed by atoms with Gasteiger partial charge >= 0.3 is 0 Å². The van der Waals surface area contributed by atoms with E-state index < -0.39 is 10.0 Å². The average molecular weight is 473 g/mol. The predicted octanol–water partition coefficient (Wildman–Crippen LogP) is 2.72. The summed E-state index contributed by atoms with van der Waals surface area (Å²) in [6.45, 7) is 4.45. The van der Waals surface area contributed by atoms with Crippen molar-refractivity contribution in [2.45, 2.75) is 18.2 Å². The number of amides is 1. The van der Waals surface area contributed by atoms with Crippen molar-refractivity contribution < 1.29 is 27.4 Å². The van der Waals surface area contributed by atoms with Crippen molar-refractivity contribution in [1.29, 1.82) is 0 Å². The summed E-state index contributed by atoms with van der Waals surface area (Å²) in [5, 5.41) is 0. The third kappa shape index (κ3) is 4.90. The van der Waals surface area contributed by atoms with E-state index in [1.807, 2.05) is 25.1 Å². The molecule has 0 radical (unpaired) electrons. The molecule has 1 saturated heterocycles. The van der Waals surface area contributed by atoms with Gasteiger partial charge in [0.1, 0.15) is 0 Å². The fourth-order valence-electron chi connectivity index (χ4n) is 4.02. The summed E-state index contributed by atoms with van der Waals surface area (Å²) in [7, 11) is -1.99. The number of carbonyl (C=O) groups is 1. The van der Waals surface area contributed by atoms with E-state index >= 15 is 0 Å². The lowest BCUT2D eigenvalue weighted by molar-refractivity contribution is -0.114. The molecule has 0 unspecified atom stereocenters. The molecule has 1 amide bonds. The number of carbonyl (C=O) groups excluding carboxylic acids is 1. The zero-order valence-corrected chi connectivity index (χ0v) is 19.6. The molecule has 4 rings (SSSR count). The molecule has 9 heteroatoms. The maximum Gasteiger partial charge on any atom is 0.251 e. The zero-order valence-electron chi connectivity index (χ0n) is 18.8. The third-order valence-corrected chi connectivity index (χ3v) is 7.62. The molecule has 8 nitrogen and oxygen atoms in total. The van der Waals surface area contributed by atoms with Gasteiger partial charge in [-0.15, -0.1) is 0 Å². The molecular formula is C24H28N2O6S. The van der Waals surface area contributed by atoms with Gasteiger partial charge in [-0.1, -0.05) is 6.07 Å². The standard InChI is InChI=1S/C24H28N2O6S/c1-3-32-22-8-4-18(16-23(22)30-2)5-9-24(27)26-11-10-19-17-20(6-7-21(19)26)33(28,29)25-12-14-31-15-13-25/h4-9,16-17H,3,10-15H2,1-2H3/b9-5+. The van der Waals surface area contributed by atoms with Crippen LogP contribution in [0.3, 0.4) is 0 Å². The molecular weight excluding hydrogens is 444 g/mol. The molecule has 2 aliphatic rings. The van der Waals surface area contributed by atoms with E-state index in [0.29, 0.717) is 57.4 Å². The number of anilines is 1. The van der Waals surface area contributed by atoms with E-state index in [0.717, 1.165) is 16.8 Å². The van der Waals surface area contributed by atoms with Gasteiger partial charge in [-0.3, -0.25) is 4.79 Å². The van der Waals surface area contributed by atoms with Gasteiger partial charge < -0.3 is 19.1 Å². The molecule has 2 aliphatic heterocycles. The molecule has 0 aromatic heterocycles. The summed E-state index contributed by atoms with van der Waals surface area (Å²) < 4.78 is 43.5. The van der Waals surface area contributed by atoms with Crippen molar-refractivity contribution in [1.82, 2.24) is 4.31 Å². The van der Waals surface area contributed by atoms with E-state index in [9.17, 15) is 13.2 Å². The Labute approximate surface area is 194 Å². The number of hydrogen-bond acceptors (Lipinski definition) is 6. The van der Waals surface area contributed by atoms with Crippen molar-refractivity contribution in [2.75, 3.05) is 51.5 Å². The van der Waals surface area contributed by atoms with Crippen LogP contribution in [0.1, 0.15) is 18.1 Å². The number of rotatable bonds is 7. The molecule has 2 aromatic rings. The van der Waals surface area contributed by atoms with Gasteiger partial charge in [0.15, 0.2) is 11.5 Å². The molecule has 0 N–H and O–H groups in total.